The molecule has 0 saturated carbocycles. The van der Waals surface area contributed by atoms with Crippen LogP contribution < -0.4 is 10.1 Å². The van der Waals surface area contributed by atoms with Gasteiger partial charge in [0.05, 0.1) is 23.4 Å². The van der Waals surface area contributed by atoms with Gasteiger partial charge < -0.3 is 19.6 Å². The molecule has 0 radical (unpaired) electrons. The molecule has 0 bridgehead atoms. The van der Waals surface area contributed by atoms with Crippen LogP contribution >= 0.6 is 11.6 Å². The van der Waals surface area contributed by atoms with Gasteiger partial charge in [0.15, 0.2) is 0 Å². The van der Waals surface area contributed by atoms with Crippen LogP contribution in [0.4, 0.5) is 10.1 Å². The van der Waals surface area contributed by atoms with Gasteiger partial charge in [-0.1, -0.05) is 11.6 Å². The smallest absolute Gasteiger partial charge is 0.335 e. The number of carbonyl (C=O) groups is 2. The quantitative estimate of drug-likeness (QED) is 0.547. The lowest BCUT2D eigenvalue weighted by molar-refractivity contribution is -0.111. The highest BCUT2D eigenvalue weighted by Gasteiger charge is 2.11. The van der Waals surface area contributed by atoms with Crippen molar-refractivity contribution in [1.29, 1.82) is 0 Å². The van der Waals surface area contributed by atoms with Crippen molar-refractivity contribution in [2.45, 2.75) is 0 Å². The highest BCUT2D eigenvalue weighted by atomic mass is 35.5. The number of carboxylic acids is 1. The van der Waals surface area contributed by atoms with E-state index in [1.165, 1.54) is 55.7 Å². The highest BCUT2D eigenvalue weighted by molar-refractivity contribution is 6.31. The van der Waals surface area contributed by atoms with Crippen molar-refractivity contribution >= 4 is 35.2 Å². The minimum absolute atomic E-state index is 0.0127. The predicted molar refractivity (Wildman–Crippen MR) is 107 cm³/mol. The molecule has 148 valence electrons. The standard InChI is InChI=1S/C21H15ClFNO5/c1-28-19-7-3-13(21(26)27)11-17(19)24-20(25)9-5-14-4-8-18(29-14)12-2-6-16(23)15(22)10-12/h2-11H,1H3,(H,24,25)(H,26,27)/b9-5+. The van der Waals surface area contributed by atoms with E-state index in [2.05, 4.69) is 5.32 Å². The van der Waals surface area contributed by atoms with Gasteiger partial charge in [-0.15, -0.1) is 0 Å². The number of anilines is 1. The fourth-order valence-electron chi connectivity index (χ4n) is 2.52. The molecule has 0 saturated heterocycles. The summed E-state index contributed by atoms with van der Waals surface area (Å²) in [5, 5.41) is 11.6. The van der Waals surface area contributed by atoms with Crippen molar-refractivity contribution < 1.29 is 28.2 Å². The lowest BCUT2D eigenvalue weighted by atomic mass is 10.2. The Morgan fingerprint density at radius 2 is 1.97 bits per heavy atom. The number of ether oxygens (including phenoxy) is 1. The molecule has 0 aliphatic heterocycles. The second kappa shape index (κ2) is 8.62. The van der Waals surface area contributed by atoms with E-state index in [0.29, 0.717) is 22.8 Å². The minimum atomic E-state index is -1.12. The Balaban J connectivity index is 1.73. The molecule has 0 aliphatic carbocycles. The summed E-state index contributed by atoms with van der Waals surface area (Å²) in [6, 6.07) is 11.6. The number of carbonyl (C=O) groups excluding carboxylic acids is 1. The molecule has 1 amide bonds. The predicted octanol–water partition coefficient (Wildman–Crippen LogP) is 5.10. The van der Waals surface area contributed by atoms with Crippen molar-refractivity contribution in [3.05, 3.63) is 76.8 Å². The van der Waals surface area contributed by atoms with Crippen molar-refractivity contribution in [3.63, 3.8) is 0 Å². The first kappa shape index (κ1) is 20.2. The average Bonchev–Trinajstić information content (AvgIpc) is 3.17. The van der Waals surface area contributed by atoms with E-state index in [0.717, 1.165) is 0 Å². The summed E-state index contributed by atoms with van der Waals surface area (Å²) in [4.78, 5) is 23.3. The molecule has 6 nitrogen and oxygen atoms in total. The maximum absolute atomic E-state index is 13.3. The Hall–Kier alpha value is -3.58. The van der Waals surface area contributed by atoms with Crippen molar-refractivity contribution in [3.8, 4) is 17.1 Å². The molecular weight excluding hydrogens is 401 g/mol. The monoisotopic (exact) mass is 415 g/mol. The van der Waals surface area contributed by atoms with E-state index in [1.54, 1.807) is 12.1 Å². The lowest BCUT2D eigenvalue weighted by Crippen LogP contribution is -2.10. The van der Waals surface area contributed by atoms with Gasteiger partial charge in [-0.05, 0) is 54.6 Å². The molecular formula is C21H15ClFNO5. The Bertz CT molecular complexity index is 1110. The summed E-state index contributed by atoms with van der Waals surface area (Å²) >= 11 is 5.78. The van der Waals surface area contributed by atoms with Gasteiger partial charge in [-0.2, -0.15) is 0 Å². The molecule has 29 heavy (non-hydrogen) atoms. The second-order valence-electron chi connectivity index (χ2n) is 5.87. The second-order valence-corrected chi connectivity index (χ2v) is 6.28. The Morgan fingerprint density at radius 3 is 2.66 bits per heavy atom. The van der Waals surface area contributed by atoms with Gasteiger partial charge in [0.2, 0.25) is 5.91 Å². The van der Waals surface area contributed by atoms with Crippen LogP contribution in [0.3, 0.4) is 0 Å². The highest BCUT2D eigenvalue weighted by Crippen LogP contribution is 2.28. The van der Waals surface area contributed by atoms with Crippen LogP contribution in [-0.4, -0.2) is 24.1 Å². The molecule has 1 aromatic heterocycles. The van der Waals surface area contributed by atoms with E-state index < -0.39 is 17.7 Å². The van der Waals surface area contributed by atoms with E-state index in [1.807, 2.05) is 0 Å². The molecule has 0 aliphatic rings. The maximum atomic E-state index is 13.3. The summed E-state index contributed by atoms with van der Waals surface area (Å²) in [6.07, 6.45) is 2.67. The minimum Gasteiger partial charge on any atom is -0.495 e. The molecule has 3 rings (SSSR count). The SMILES string of the molecule is COc1ccc(C(=O)O)cc1NC(=O)/C=C/c1ccc(-c2ccc(F)c(Cl)c2)o1. The summed E-state index contributed by atoms with van der Waals surface area (Å²) in [6.45, 7) is 0. The number of aromatic carboxylic acids is 1. The molecule has 0 spiro atoms. The molecule has 1 heterocycles. The van der Waals surface area contributed by atoms with Crippen molar-refractivity contribution in [1.82, 2.24) is 0 Å². The average molecular weight is 416 g/mol. The molecule has 0 unspecified atom stereocenters. The topological polar surface area (TPSA) is 88.8 Å². The summed E-state index contributed by atoms with van der Waals surface area (Å²) in [5.41, 5.74) is 0.831. The zero-order valence-electron chi connectivity index (χ0n) is 15.1. The first-order valence-corrected chi connectivity index (χ1v) is 8.71. The third-order valence-electron chi connectivity index (χ3n) is 3.93. The van der Waals surface area contributed by atoms with Gasteiger partial charge >= 0.3 is 5.97 Å². The Morgan fingerprint density at radius 1 is 1.17 bits per heavy atom. The van der Waals surface area contributed by atoms with Crippen LogP contribution in [0.1, 0.15) is 16.1 Å². The van der Waals surface area contributed by atoms with E-state index >= 15 is 0 Å². The van der Waals surface area contributed by atoms with Crippen LogP contribution in [0, 0.1) is 5.82 Å². The molecule has 0 fully saturated rings. The fourth-order valence-corrected chi connectivity index (χ4v) is 2.70. The molecule has 2 N–H and O–H groups in total. The van der Waals surface area contributed by atoms with Crippen molar-refractivity contribution in [2.24, 2.45) is 0 Å². The Labute approximate surface area is 170 Å². The van der Waals surface area contributed by atoms with Crippen molar-refractivity contribution in [2.75, 3.05) is 12.4 Å². The lowest BCUT2D eigenvalue weighted by Gasteiger charge is -2.09. The first-order chi connectivity index (χ1) is 13.9. The van der Waals surface area contributed by atoms with Gasteiger partial charge in [-0.3, -0.25) is 4.79 Å². The zero-order chi connectivity index (χ0) is 21.0. The number of hydrogen-bond acceptors (Lipinski definition) is 4. The van der Waals surface area contributed by atoms with E-state index in [-0.39, 0.29) is 16.3 Å². The number of furan rings is 1. The summed E-state index contributed by atoms with van der Waals surface area (Å²) < 4.78 is 24.0. The number of benzene rings is 2. The van der Waals surface area contributed by atoms with E-state index in [9.17, 15) is 14.0 Å². The van der Waals surface area contributed by atoms with Crippen LogP contribution in [0.5, 0.6) is 5.75 Å². The number of rotatable bonds is 6. The van der Waals surface area contributed by atoms with Crippen LogP contribution in [0.25, 0.3) is 17.4 Å². The van der Waals surface area contributed by atoms with Gasteiger partial charge in [0, 0.05) is 11.6 Å². The third kappa shape index (κ3) is 4.83. The number of nitrogens with one attached hydrogen (secondary N) is 1. The molecule has 2 aromatic carbocycles. The van der Waals surface area contributed by atoms with Gasteiger partial charge in [0.1, 0.15) is 23.1 Å². The van der Waals surface area contributed by atoms with Gasteiger partial charge in [0.25, 0.3) is 0 Å². The third-order valence-corrected chi connectivity index (χ3v) is 4.22. The summed E-state index contributed by atoms with van der Waals surface area (Å²) in [5.74, 6) is -0.979. The molecule has 3 aromatic rings. The fraction of sp³-hybridized carbons (Fsp3) is 0.0476. The molecule has 8 heteroatoms. The number of amides is 1. The normalized spacial score (nSPS) is 10.9. The number of methoxy groups -OCH3 is 1. The maximum Gasteiger partial charge on any atom is 0.335 e. The van der Waals surface area contributed by atoms with Crippen LogP contribution in [0.2, 0.25) is 5.02 Å². The van der Waals surface area contributed by atoms with Gasteiger partial charge in [-0.25, -0.2) is 9.18 Å². The first-order valence-electron chi connectivity index (χ1n) is 8.33. The number of halogens is 2. The number of hydrogen-bond donors (Lipinski definition) is 2. The molecule has 0 atom stereocenters. The zero-order valence-corrected chi connectivity index (χ0v) is 15.9. The number of carboxylic acid groups (broad SMARTS) is 1. The van der Waals surface area contributed by atoms with Crippen LogP contribution in [0.15, 0.2) is 59.0 Å². The largest absolute Gasteiger partial charge is 0.495 e. The van der Waals surface area contributed by atoms with E-state index in [4.69, 9.17) is 25.9 Å². The van der Waals surface area contributed by atoms with Crippen LogP contribution in [-0.2, 0) is 4.79 Å². The summed E-state index contributed by atoms with van der Waals surface area (Å²) in [7, 11) is 1.41. The Kier molecular flexibility index (Phi) is 5.99.